The van der Waals surface area contributed by atoms with Crippen molar-refractivity contribution in [2.24, 2.45) is 0 Å². The lowest BCUT2D eigenvalue weighted by Crippen LogP contribution is -2.32. The minimum atomic E-state index is -0.137. The van der Waals surface area contributed by atoms with Crippen LogP contribution >= 0.6 is 23.1 Å². The largest absolute Gasteiger partial charge is 0.497 e. The minimum Gasteiger partial charge on any atom is -0.497 e. The van der Waals surface area contributed by atoms with E-state index >= 15 is 0 Å². The van der Waals surface area contributed by atoms with Crippen molar-refractivity contribution < 1.29 is 9.53 Å². The highest BCUT2D eigenvalue weighted by molar-refractivity contribution is 7.99. The topological polar surface area (TPSA) is 64.4 Å². The standard InChI is InChI=1S/C24H23N3O3S2/c1-3-26(15-17-7-5-4-6-8-17)21(28)16-32-24-25-20-13-14-31-22(20)23(29)27(24)18-9-11-19(30-2)12-10-18/h4-14H,3,15-16H2,1-2H3. The average Bonchev–Trinajstić information content (AvgIpc) is 3.31. The Morgan fingerprint density at radius 2 is 1.88 bits per heavy atom. The van der Waals surface area contributed by atoms with E-state index < -0.39 is 0 Å². The first kappa shape index (κ1) is 22.1. The molecule has 0 bridgehead atoms. The predicted octanol–water partition coefficient (Wildman–Crippen LogP) is 4.60. The van der Waals surface area contributed by atoms with Crippen LogP contribution in [0.15, 0.2) is 76.0 Å². The smallest absolute Gasteiger partial charge is 0.276 e. The molecular weight excluding hydrogens is 442 g/mol. The Labute approximate surface area is 194 Å². The van der Waals surface area contributed by atoms with Gasteiger partial charge in [0.15, 0.2) is 5.16 Å². The van der Waals surface area contributed by atoms with Gasteiger partial charge in [-0.1, -0.05) is 42.1 Å². The van der Waals surface area contributed by atoms with Crippen LogP contribution in [-0.4, -0.2) is 39.8 Å². The second kappa shape index (κ2) is 10.0. The van der Waals surface area contributed by atoms with E-state index in [0.717, 1.165) is 5.56 Å². The van der Waals surface area contributed by atoms with Gasteiger partial charge in [-0.2, -0.15) is 0 Å². The molecule has 0 aliphatic rings. The van der Waals surface area contributed by atoms with Gasteiger partial charge in [0.05, 0.1) is 24.1 Å². The molecule has 4 rings (SSSR count). The van der Waals surface area contributed by atoms with Gasteiger partial charge in [-0.3, -0.25) is 14.2 Å². The molecule has 0 aliphatic heterocycles. The number of thiophene rings is 1. The fourth-order valence-electron chi connectivity index (χ4n) is 3.35. The molecule has 8 heteroatoms. The predicted molar refractivity (Wildman–Crippen MR) is 130 cm³/mol. The number of carbonyl (C=O) groups excluding carboxylic acids is 1. The molecule has 6 nitrogen and oxygen atoms in total. The Balaban J connectivity index is 1.61. The van der Waals surface area contributed by atoms with E-state index in [4.69, 9.17) is 9.72 Å². The fourth-order valence-corrected chi connectivity index (χ4v) is 5.02. The van der Waals surface area contributed by atoms with Gasteiger partial charge in [-0.25, -0.2) is 4.98 Å². The molecule has 2 aromatic heterocycles. The number of hydrogen-bond donors (Lipinski definition) is 0. The number of hydrogen-bond acceptors (Lipinski definition) is 6. The summed E-state index contributed by atoms with van der Waals surface area (Å²) in [4.78, 5) is 32.7. The molecule has 0 saturated heterocycles. The molecule has 32 heavy (non-hydrogen) atoms. The third-order valence-electron chi connectivity index (χ3n) is 5.06. The summed E-state index contributed by atoms with van der Waals surface area (Å²) in [6, 6.07) is 19.0. The van der Waals surface area contributed by atoms with Crippen molar-refractivity contribution in [3.8, 4) is 11.4 Å². The highest BCUT2D eigenvalue weighted by atomic mass is 32.2. The van der Waals surface area contributed by atoms with Crippen LogP contribution in [0.25, 0.3) is 15.9 Å². The van der Waals surface area contributed by atoms with Gasteiger partial charge in [0, 0.05) is 13.1 Å². The van der Waals surface area contributed by atoms with Gasteiger partial charge in [0.2, 0.25) is 5.91 Å². The Morgan fingerprint density at radius 1 is 1.12 bits per heavy atom. The Hall–Kier alpha value is -3.10. The molecule has 0 fully saturated rings. The number of aromatic nitrogens is 2. The molecule has 0 saturated carbocycles. The number of nitrogens with zero attached hydrogens (tertiary/aromatic N) is 3. The van der Waals surface area contributed by atoms with E-state index in [2.05, 4.69) is 0 Å². The lowest BCUT2D eigenvalue weighted by Gasteiger charge is -2.21. The SMILES string of the molecule is CCN(Cc1ccccc1)C(=O)CSc1nc2ccsc2c(=O)n1-c1ccc(OC)cc1. The van der Waals surface area contributed by atoms with Crippen LogP contribution < -0.4 is 10.3 Å². The van der Waals surface area contributed by atoms with Crippen molar-refractivity contribution in [2.45, 2.75) is 18.6 Å². The number of methoxy groups -OCH3 is 1. The van der Waals surface area contributed by atoms with Crippen molar-refractivity contribution in [3.63, 3.8) is 0 Å². The van der Waals surface area contributed by atoms with Crippen molar-refractivity contribution >= 4 is 39.2 Å². The third kappa shape index (κ3) is 4.71. The first-order chi connectivity index (χ1) is 15.6. The molecule has 0 N–H and O–H groups in total. The molecule has 0 atom stereocenters. The summed E-state index contributed by atoms with van der Waals surface area (Å²) >= 11 is 2.65. The monoisotopic (exact) mass is 465 g/mol. The zero-order valence-corrected chi connectivity index (χ0v) is 19.5. The molecule has 164 valence electrons. The number of carbonyl (C=O) groups is 1. The number of benzene rings is 2. The van der Waals surface area contributed by atoms with Gasteiger partial charge in [-0.05, 0) is 48.2 Å². The van der Waals surface area contributed by atoms with E-state index in [0.29, 0.717) is 39.9 Å². The molecule has 0 radical (unpaired) electrons. The molecule has 0 spiro atoms. The zero-order chi connectivity index (χ0) is 22.5. The van der Waals surface area contributed by atoms with Crippen LogP contribution in [0.1, 0.15) is 12.5 Å². The lowest BCUT2D eigenvalue weighted by molar-refractivity contribution is -0.128. The van der Waals surface area contributed by atoms with Gasteiger partial charge >= 0.3 is 0 Å². The summed E-state index contributed by atoms with van der Waals surface area (Å²) in [5, 5.41) is 2.35. The first-order valence-corrected chi connectivity index (χ1v) is 12.1. The lowest BCUT2D eigenvalue weighted by atomic mass is 10.2. The number of amides is 1. The average molecular weight is 466 g/mol. The maximum absolute atomic E-state index is 13.2. The minimum absolute atomic E-state index is 0.00213. The van der Waals surface area contributed by atoms with E-state index in [1.54, 1.807) is 28.7 Å². The van der Waals surface area contributed by atoms with Crippen molar-refractivity contribution in [2.75, 3.05) is 19.4 Å². The Kier molecular flexibility index (Phi) is 6.92. The van der Waals surface area contributed by atoms with Gasteiger partial charge in [0.25, 0.3) is 5.56 Å². The second-order valence-corrected chi connectivity index (χ2v) is 8.91. The highest BCUT2D eigenvalue weighted by Crippen LogP contribution is 2.25. The van der Waals surface area contributed by atoms with Crippen LogP contribution in [0, 0.1) is 0 Å². The third-order valence-corrected chi connectivity index (χ3v) is 6.87. The molecule has 2 heterocycles. The highest BCUT2D eigenvalue weighted by Gasteiger charge is 2.18. The van der Waals surface area contributed by atoms with Crippen LogP contribution in [0.2, 0.25) is 0 Å². The van der Waals surface area contributed by atoms with Crippen molar-refractivity contribution in [3.05, 3.63) is 82.0 Å². The molecule has 0 aliphatic carbocycles. The van der Waals surface area contributed by atoms with E-state index in [-0.39, 0.29) is 17.2 Å². The van der Waals surface area contributed by atoms with Crippen LogP contribution in [0.5, 0.6) is 5.75 Å². The summed E-state index contributed by atoms with van der Waals surface area (Å²) in [6.45, 7) is 3.13. The normalized spacial score (nSPS) is 10.9. The number of rotatable bonds is 8. The summed E-state index contributed by atoms with van der Waals surface area (Å²) in [7, 11) is 1.60. The number of ether oxygens (including phenoxy) is 1. The zero-order valence-electron chi connectivity index (χ0n) is 17.9. The van der Waals surface area contributed by atoms with Gasteiger partial charge in [0.1, 0.15) is 10.4 Å². The number of fused-ring (bicyclic) bond motifs is 1. The van der Waals surface area contributed by atoms with Gasteiger partial charge < -0.3 is 9.64 Å². The van der Waals surface area contributed by atoms with Crippen LogP contribution in [0.3, 0.4) is 0 Å². The van der Waals surface area contributed by atoms with Crippen LogP contribution in [0.4, 0.5) is 0 Å². The summed E-state index contributed by atoms with van der Waals surface area (Å²) in [5.74, 6) is 0.900. The molecule has 4 aromatic rings. The van der Waals surface area contributed by atoms with E-state index in [1.807, 2.05) is 60.8 Å². The van der Waals surface area contributed by atoms with Crippen LogP contribution in [-0.2, 0) is 11.3 Å². The van der Waals surface area contributed by atoms with Crippen molar-refractivity contribution in [1.29, 1.82) is 0 Å². The molecule has 0 unspecified atom stereocenters. The molecule has 1 amide bonds. The quantitative estimate of drug-likeness (QED) is 0.281. The van der Waals surface area contributed by atoms with Gasteiger partial charge in [-0.15, -0.1) is 11.3 Å². The molecule has 2 aromatic carbocycles. The first-order valence-electron chi connectivity index (χ1n) is 10.2. The summed E-state index contributed by atoms with van der Waals surface area (Å²) in [6.07, 6.45) is 0. The maximum atomic E-state index is 13.2. The van der Waals surface area contributed by atoms with E-state index in [1.165, 1.54) is 23.1 Å². The molecular formula is C24H23N3O3S2. The number of thioether (sulfide) groups is 1. The summed E-state index contributed by atoms with van der Waals surface area (Å²) < 4.78 is 7.40. The maximum Gasteiger partial charge on any atom is 0.276 e. The summed E-state index contributed by atoms with van der Waals surface area (Å²) in [5.41, 5.74) is 2.28. The fraction of sp³-hybridized carbons (Fsp3) is 0.208. The van der Waals surface area contributed by atoms with Crippen molar-refractivity contribution in [1.82, 2.24) is 14.5 Å². The Morgan fingerprint density at radius 3 is 2.56 bits per heavy atom. The second-order valence-electron chi connectivity index (χ2n) is 7.05. The van der Waals surface area contributed by atoms with E-state index in [9.17, 15) is 9.59 Å². The Bertz CT molecular complexity index is 1270.